The van der Waals surface area contributed by atoms with Crippen LogP contribution >= 0.6 is 11.8 Å². The van der Waals surface area contributed by atoms with Gasteiger partial charge >= 0.3 is 0 Å². The van der Waals surface area contributed by atoms with Crippen LogP contribution in [0.1, 0.15) is 11.5 Å². The number of rotatable bonds is 3. The van der Waals surface area contributed by atoms with E-state index >= 15 is 0 Å². The second-order valence-electron chi connectivity index (χ2n) is 3.29. The summed E-state index contributed by atoms with van der Waals surface area (Å²) in [5, 5.41) is 3.93. The number of hydrogen-bond donors (Lipinski definition) is 1. The molecule has 15 heavy (non-hydrogen) atoms. The lowest BCUT2D eigenvalue weighted by atomic mass is 10.3. The third kappa shape index (κ3) is 2.76. The van der Waals surface area contributed by atoms with E-state index in [4.69, 9.17) is 10.3 Å². The number of nitrogen functional groups attached to an aromatic ring is 1. The number of nitrogens with zero attached hydrogens (tertiary/aromatic N) is 1. The molecule has 0 bridgehead atoms. The van der Waals surface area contributed by atoms with Gasteiger partial charge in [0.1, 0.15) is 5.76 Å². The van der Waals surface area contributed by atoms with Crippen LogP contribution in [-0.2, 0) is 5.75 Å². The Morgan fingerprint density at radius 2 is 2.27 bits per heavy atom. The Morgan fingerprint density at radius 3 is 2.93 bits per heavy atom. The Morgan fingerprint density at radius 1 is 1.40 bits per heavy atom. The highest BCUT2D eigenvalue weighted by Gasteiger charge is 2.01. The third-order valence-corrected chi connectivity index (χ3v) is 2.95. The van der Waals surface area contributed by atoms with Crippen molar-refractivity contribution < 1.29 is 4.52 Å². The van der Waals surface area contributed by atoms with Gasteiger partial charge in [-0.2, -0.15) is 0 Å². The number of nitrogens with two attached hydrogens (primary N) is 1. The Kier molecular flexibility index (Phi) is 2.97. The summed E-state index contributed by atoms with van der Waals surface area (Å²) in [7, 11) is 0. The predicted molar refractivity (Wildman–Crippen MR) is 61.7 cm³/mol. The molecule has 0 aliphatic rings. The SMILES string of the molecule is Cc1cc(CSc2cccc(N)c2)no1. The average molecular weight is 220 g/mol. The third-order valence-electron chi connectivity index (χ3n) is 1.92. The van der Waals surface area contributed by atoms with Crippen molar-refractivity contribution in [3.63, 3.8) is 0 Å². The second kappa shape index (κ2) is 4.40. The Balaban J connectivity index is 1.99. The summed E-state index contributed by atoms with van der Waals surface area (Å²) >= 11 is 1.70. The van der Waals surface area contributed by atoms with Gasteiger partial charge in [0.2, 0.25) is 0 Å². The van der Waals surface area contributed by atoms with Crippen LogP contribution in [0, 0.1) is 6.92 Å². The van der Waals surface area contributed by atoms with Crippen LogP contribution in [0.2, 0.25) is 0 Å². The van der Waals surface area contributed by atoms with E-state index in [-0.39, 0.29) is 0 Å². The fourth-order valence-corrected chi connectivity index (χ4v) is 2.09. The van der Waals surface area contributed by atoms with Crippen molar-refractivity contribution >= 4 is 17.4 Å². The van der Waals surface area contributed by atoms with E-state index in [1.165, 1.54) is 0 Å². The molecule has 0 aliphatic carbocycles. The molecular formula is C11H12N2OS. The minimum atomic E-state index is 0.788. The fourth-order valence-electron chi connectivity index (χ4n) is 1.25. The van der Waals surface area contributed by atoms with Crippen LogP contribution in [0.4, 0.5) is 5.69 Å². The van der Waals surface area contributed by atoms with Crippen molar-refractivity contribution in [1.82, 2.24) is 5.16 Å². The summed E-state index contributed by atoms with van der Waals surface area (Å²) in [5.74, 6) is 1.65. The quantitative estimate of drug-likeness (QED) is 0.638. The van der Waals surface area contributed by atoms with E-state index in [2.05, 4.69) is 5.16 Å². The molecular weight excluding hydrogens is 208 g/mol. The largest absolute Gasteiger partial charge is 0.399 e. The van der Waals surface area contributed by atoms with Gasteiger partial charge in [-0.25, -0.2) is 0 Å². The number of aromatic nitrogens is 1. The average Bonchev–Trinajstić information content (AvgIpc) is 2.62. The van der Waals surface area contributed by atoms with Crippen molar-refractivity contribution in [3.8, 4) is 0 Å². The van der Waals surface area contributed by atoms with E-state index < -0.39 is 0 Å². The van der Waals surface area contributed by atoms with Crippen molar-refractivity contribution in [2.45, 2.75) is 17.6 Å². The molecule has 2 aromatic rings. The molecule has 1 aromatic heterocycles. The smallest absolute Gasteiger partial charge is 0.133 e. The number of anilines is 1. The van der Waals surface area contributed by atoms with Gasteiger partial charge in [0.05, 0.1) is 5.69 Å². The van der Waals surface area contributed by atoms with Crippen LogP contribution in [0.25, 0.3) is 0 Å². The maximum atomic E-state index is 5.68. The predicted octanol–water partition coefficient (Wildman–Crippen LogP) is 2.86. The molecule has 4 heteroatoms. The van der Waals surface area contributed by atoms with Gasteiger partial charge in [-0.1, -0.05) is 11.2 Å². The number of hydrogen-bond acceptors (Lipinski definition) is 4. The molecule has 0 saturated heterocycles. The molecule has 1 heterocycles. The first-order valence-electron chi connectivity index (χ1n) is 4.64. The van der Waals surface area contributed by atoms with Crippen molar-refractivity contribution in [2.75, 3.05) is 5.73 Å². The van der Waals surface area contributed by atoms with E-state index in [0.717, 1.165) is 27.8 Å². The zero-order valence-corrected chi connectivity index (χ0v) is 9.25. The van der Waals surface area contributed by atoms with Gasteiger partial charge in [0.15, 0.2) is 0 Å². The van der Waals surface area contributed by atoms with Gasteiger partial charge in [-0.15, -0.1) is 11.8 Å². The van der Waals surface area contributed by atoms with E-state index in [1.807, 2.05) is 37.3 Å². The summed E-state index contributed by atoms with van der Waals surface area (Å²) in [6, 6.07) is 9.76. The molecule has 0 amide bonds. The fraction of sp³-hybridized carbons (Fsp3) is 0.182. The maximum Gasteiger partial charge on any atom is 0.133 e. The van der Waals surface area contributed by atoms with Gasteiger partial charge < -0.3 is 10.3 Å². The van der Waals surface area contributed by atoms with Crippen molar-refractivity contribution in [1.29, 1.82) is 0 Å². The summed E-state index contributed by atoms with van der Waals surface area (Å²) in [5.41, 5.74) is 7.43. The molecule has 2 rings (SSSR count). The molecule has 0 spiro atoms. The topological polar surface area (TPSA) is 52.0 Å². The molecule has 0 saturated carbocycles. The van der Waals surface area contributed by atoms with Crippen LogP contribution in [0.15, 0.2) is 39.8 Å². The van der Waals surface area contributed by atoms with E-state index in [9.17, 15) is 0 Å². The normalized spacial score (nSPS) is 10.5. The second-order valence-corrected chi connectivity index (χ2v) is 4.34. The number of benzene rings is 1. The standard InChI is InChI=1S/C11H12N2OS/c1-8-5-10(13-14-8)7-15-11-4-2-3-9(12)6-11/h2-6H,7,12H2,1H3. The first-order valence-corrected chi connectivity index (χ1v) is 5.63. The zero-order valence-electron chi connectivity index (χ0n) is 8.43. The zero-order chi connectivity index (χ0) is 10.7. The lowest BCUT2D eigenvalue weighted by Crippen LogP contribution is -1.84. The Hall–Kier alpha value is -1.42. The van der Waals surface area contributed by atoms with Crippen molar-refractivity contribution in [2.24, 2.45) is 0 Å². The van der Waals surface area contributed by atoms with Crippen LogP contribution < -0.4 is 5.73 Å². The molecule has 0 fully saturated rings. The summed E-state index contributed by atoms with van der Waals surface area (Å²) in [6.07, 6.45) is 0. The van der Waals surface area contributed by atoms with E-state index in [1.54, 1.807) is 11.8 Å². The lowest BCUT2D eigenvalue weighted by Gasteiger charge is -1.99. The number of thioether (sulfide) groups is 1. The maximum absolute atomic E-state index is 5.68. The highest BCUT2D eigenvalue weighted by molar-refractivity contribution is 7.98. The first-order chi connectivity index (χ1) is 7.24. The molecule has 3 nitrogen and oxygen atoms in total. The molecule has 0 unspecified atom stereocenters. The van der Waals surface area contributed by atoms with Crippen LogP contribution in [0.5, 0.6) is 0 Å². The van der Waals surface area contributed by atoms with Gasteiger partial charge in [-0.05, 0) is 25.1 Å². The summed E-state index contributed by atoms with van der Waals surface area (Å²) in [6.45, 7) is 1.89. The minimum absolute atomic E-state index is 0.788. The first kappa shape index (κ1) is 10.1. The molecule has 0 atom stereocenters. The van der Waals surface area contributed by atoms with Gasteiger partial charge in [-0.3, -0.25) is 0 Å². The van der Waals surface area contributed by atoms with Crippen LogP contribution in [-0.4, -0.2) is 5.16 Å². The van der Waals surface area contributed by atoms with Gasteiger partial charge in [0, 0.05) is 22.4 Å². The highest BCUT2D eigenvalue weighted by atomic mass is 32.2. The Labute approximate surface area is 92.6 Å². The molecule has 1 aromatic carbocycles. The molecule has 0 radical (unpaired) electrons. The van der Waals surface area contributed by atoms with E-state index in [0.29, 0.717) is 0 Å². The lowest BCUT2D eigenvalue weighted by molar-refractivity contribution is 0.393. The van der Waals surface area contributed by atoms with Gasteiger partial charge in [0.25, 0.3) is 0 Å². The van der Waals surface area contributed by atoms with Crippen LogP contribution in [0.3, 0.4) is 0 Å². The monoisotopic (exact) mass is 220 g/mol. The minimum Gasteiger partial charge on any atom is -0.399 e. The summed E-state index contributed by atoms with van der Waals surface area (Å²) < 4.78 is 4.99. The van der Waals surface area contributed by atoms with Crippen molar-refractivity contribution in [3.05, 3.63) is 41.8 Å². The molecule has 0 aliphatic heterocycles. The highest BCUT2D eigenvalue weighted by Crippen LogP contribution is 2.23. The Bertz CT molecular complexity index is 453. The molecule has 2 N–H and O–H groups in total. The molecule has 78 valence electrons. The number of aryl methyl sites for hydroxylation is 1. The summed E-state index contributed by atoms with van der Waals surface area (Å²) in [4.78, 5) is 1.15.